The Bertz CT molecular complexity index is 622. The molecule has 0 radical (unpaired) electrons. The molecular formula is C23H38N4O2. The molecule has 2 rings (SSSR count). The molecule has 1 saturated heterocycles. The molecular weight excluding hydrogens is 364 g/mol. The normalized spacial score (nSPS) is 15.3. The SMILES string of the molecule is CCCCOc1ccc(CCN=C(NCC)N2CCC(CC(=O)NC)CC2)cc1. The molecule has 1 aromatic carbocycles. The van der Waals surface area contributed by atoms with E-state index in [0.717, 1.165) is 76.6 Å². The quantitative estimate of drug-likeness (QED) is 0.358. The molecule has 0 spiro atoms. The van der Waals surface area contributed by atoms with Gasteiger partial charge in [-0.15, -0.1) is 0 Å². The van der Waals surface area contributed by atoms with Gasteiger partial charge in [-0.3, -0.25) is 9.79 Å². The van der Waals surface area contributed by atoms with Gasteiger partial charge in [0.05, 0.1) is 6.61 Å². The van der Waals surface area contributed by atoms with Gasteiger partial charge >= 0.3 is 0 Å². The summed E-state index contributed by atoms with van der Waals surface area (Å²) < 4.78 is 5.73. The van der Waals surface area contributed by atoms with E-state index in [1.165, 1.54) is 5.56 Å². The Labute approximate surface area is 176 Å². The van der Waals surface area contributed by atoms with Gasteiger partial charge in [-0.1, -0.05) is 25.5 Å². The summed E-state index contributed by atoms with van der Waals surface area (Å²) in [6, 6.07) is 8.37. The summed E-state index contributed by atoms with van der Waals surface area (Å²) in [6.07, 6.45) is 5.87. The number of nitrogens with zero attached hydrogens (tertiary/aromatic N) is 2. The van der Waals surface area contributed by atoms with Crippen LogP contribution in [0.2, 0.25) is 0 Å². The zero-order valence-electron chi connectivity index (χ0n) is 18.4. The standard InChI is InChI=1S/C23H38N4O2/c1-4-6-17-29-21-9-7-19(8-10-21)11-14-26-23(25-5-2)27-15-12-20(13-16-27)18-22(28)24-3/h7-10,20H,4-6,11-18H2,1-3H3,(H,24,28)(H,25,26). The van der Waals surface area contributed by atoms with Gasteiger partial charge in [-0.05, 0) is 56.2 Å². The van der Waals surface area contributed by atoms with Gasteiger partial charge in [-0.25, -0.2) is 0 Å². The van der Waals surface area contributed by atoms with Crippen LogP contribution in [0.5, 0.6) is 5.75 Å². The summed E-state index contributed by atoms with van der Waals surface area (Å²) in [6.45, 7) is 8.59. The van der Waals surface area contributed by atoms with E-state index < -0.39 is 0 Å². The maximum Gasteiger partial charge on any atom is 0.220 e. The zero-order valence-corrected chi connectivity index (χ0v) is 18.4. The third kappa shape index (κ3) is 8.34. The molecule has 1 fully saturated rings. The van der Waals surface area contributed by atoms with Crippen molar-refractivity contribution in [1.82, 2.24) is 15.5 Å². The molecule has 1 aromatic rings. The lowest BCUT2D eigenvalue weighted by Gasteiger charge is -2.34. The van der Waals surface area contributed by atoms with Gasteiger partial charge in [0.1, 0.15) is 5.75 Å². The molecule has 0 aliphatic carbocycles. The highest BCUT2D eigenvalue weighted by Crippen LogP contribution is 2.20. The molecule has 1 amide bonds. The van der Waals surface area contributed by atoms with E-state index in [9.17, 15) is 4.79 Å². The van der Waals surface area contributed by atoms with Gasteiger partial charge < -0.3 is 20.3 Å². The number of amides is 1. The maximum absolute atomic E-state index is 11.6. The number of rotatable bonds is 10. The predicted molar refractivity (Wildman–Crippen MR) is 120 cm³/mol. The number of hydrogen-bond donors (Lipinski definition) is 2. The molecule has 0 bridgehead atoms. The van der Waals surface area contributed by atoms with E-state index in [-0.39, 0.29) is 5.91 Å². The third-order valence-corrected chi connectivity index (χ3v) is 5.35. The summed E-state index contributed by atoms with van der Waals surface area (Å²) in [5, 5.41) is 6.15. The van der Waals surface area contributed by atoms with Crippen LogP contribution >= 0.6 is 0 Å². The summed E-state index contributed by atoms with van der Waals surface area (Å²) >= 11 is 0. The van der Waals surface area contributed by atoms with Gasteiger partial charge in [-0.2, -0.15) is 0 Å². The van der Waals surface area contributed by atoms with E-state index in [0.29, 0.717) is 12.3 Å². The highest BCUT2D eigenvalue weighted by Gasteiger charge is 2.22. The number of nitrogens with one attached hydrogen (secondary N) is 2. The fourth-order valence-corrected chi connectivity index (χ4v) is 3.52. The first-order valence-electron chi connectivity index (χ1n) is 11.1. The highest BCUT2D eigenvalue weighted by atomic mass is 16.5. The molecule has 1 aliphatic heterocycles. The van der Waals surface area contributed by atoms with Crippen molar-refractivity contribution in [3.8, 4) is 5.75 Å². The van der Waals surface area contributed by atoms with E-state index in [1.54, 1.807) is 7.05 Å². The van der Waals surface area contributed by atoms with Gasteiger partial charge in [0, 0.05) is 39.6 Å². The van der Waals surface area contributed by atoms with Crippen molar-refractivity contribution in [2.75, 3.05) is 39.8 Å². The number of benzene rings is 1. The Morgan fingerprint density at radius 2 is 1.93 bits per heavy atom. The van der Waals surface area contributed by atoms with Crippen molar-refractivity contribution >= 4 is 11.9 Å². The number of ether oxygens (including phenoxy) is 1. The minimum Gasteiger partial charge on any atom is -0.494 e. The second kappa shape index (κ2) is 13.1. The van der Waals surface area contributed by atoms with Crippen LogP contribution in [0, 0.1) is 5.92 Å². The molecule has 0 aromatic heterocycles. The lowest BCUT2D eigenvalue weighted by atomic mass is 9.93. The third-order valence-electron chi connectivity index (χ3n) is 5.35. The Kier molecular flexibility index (Phi) is 10.4. The highest BCUT2D eigenvalue weighted by molar-refractivity contribution is 5.80. The molecule has 6 heteroatoms. The Morgan fingerprint density at radius 3 is 2.55 bits per heavy atom. The Balaban J connectivity index is 1.81. The predicted octanol–water partition coefficient (Wildman–Crippen LogP) is 3.22. The van der Waals surface area contributed by atoms with E-state index in [2.05, 4.69) is 53.6 Å². The van der Waals surface area contributed by atoms with Crippen molar-refractivity contribution in [2.24, 2.45) is 10.9 Å². The number of likely N-dealkylation sites (tertiary alicyclic amines) is 1. The van der Waals surface area contributed by atoms with Crippen LogP contribution in [0.15, 0.2) is 29.3 Å². The molecule has 1 heterocycles. The smallest absolute Gasteiger partial charge is 0.220 e. The van der Waals surface area contributed by atoms with Crippen LogP contribution in [-0.4, -0.2) is 56.6 Å². The molecule has 6 nitrogen and oxygen atoms in total. The zero-order chi connectivity index (χ0) is 20.9. The molecule has 0 unspecified atom stereocenters. The number of carbonyl (C=O) groups excluding carboxylic acids is 1. The van der Waals surface area contributed by atoms with Crippen LogP contribution in [0.25, 0.3) is 0 Å². The van der Waals surface area contributed by atoms with E-state index >= 15 is 0 Å². The molecule has 162 valence electrons. The van der Waals surface area contributed by atoms with Crippen molar-refractivity contribution < 1.29 is 9.53 Å². The van der Waals surface area contributed by atoms with Gasteiger partial charge in [0.25, 0.3) is 0 Å². The van der Waals surface area contributed by atoms with Crippen molar-refractivity contribution in [1.29, 1.82) is 0 Å². The minimum atomic E-state index is 0.144. The summed E-state index contributed by atoms with van der Waals surface area (Å²) in [7, 11) is 1.71. The lowest BCUT2D eigenvalue weighted by molar-refractivity contribution is -0.121. The Morgan fingerprint density at radius 1 is 1.21 bits per heavy atom. The van der Waals surface area contributed by atoms with Crippen molar-refractivity contribution in [3.63, 3.8) is 0 Å². The molecule has 2 N–H and O–H groups in total. The number of carbonyl (C=O) groups is 1. The summed E-state index contributed by atoms with van der Waals surface area (Å²) in [5.74, 6) is 2.56. The van der Waals surface area contributed by atoms with Crippen LogP contribution in [-0.2, 0) is 11.2 Å². The average molecular weight is 403 g/mol. The summed E-state index contributed by atoms with van der Waals surface area (Å²) in [5.41, 5.74) is 1.27. The van der Waals surface area contributed by atoms with E-state index in [4.69, 9.17) is 9.73 Å². The number of unbranched alkanes of at least 4 members (excludes halogenated alkanes) is 1. The minimum absolute atomic E-state index is 0.144. The van der Waals surface area contributed by atoms with Crippen LogP contribution < -0.4 is 15.4 Å². The number of piperidine rings is 1. The van der Waals surface area contributed by atoms with Gasteiger partial charge in [0.2, 0.25) is 5.91 Å². The fraction of sp³-hybridized carbons (Fsp3) is 0.652. The van der Waals surface area contributed by atoms with Gasteiger partial charge in [0.15, 0.2) is 5.96 Å². The molecule has 29 heavy (non-hydrogen) atoms. The molecule has 1 aliphatic rings. The number of hydrogen-bond acceptors (Lipinski definition) is 3. The van der Waals surface area contributed by atoms with Crippen LogP contribution in [0.4, 0.5) is 0 Å². The second-order valence-electron chi connectivity index (χ2n) is 7.64. The van der Waals surface area contributed by atoms with Crippen molar-refractivity contribution in [2.45, 2.75) is 52.4 Å². The fourth-order valence-electron chi connectivity index (χ4n) is 3.52. The first-order valence-corrected chi connectivity index (χ1v) is 11.1. The molecule has 0 saturated carbocycles. The number of guanidine groups is 1. The topological polar surface area (TPSA) is 66.0 Å². The molecule has 0 atom stereocenters. The summed E-state index contributed by atoms with van der Waals surface area (Å²) in [4.78, 5) is 18.8. The van der Waals surface area contributed by atoms with Crippen molar-refractivity contribution in [3.05, 3.63) is 29.8 Å². The number of aliphatic imine (C=N–C) groups is 1. The van der Waals surface area contributed by atoms with Crippen LogP contribution in [0.1, 0.15) is 51.5 Å². The Hall–Kier alpha value is -2.24. The monoisotopic (exact) mass is 402 g/mol. The first-order chi connectivity index (χ1) is 14.2. The van der Waals surface area contributed by atoms with E-state index in [1.807, 2.05) is 0 Å². The largest absolute Gasteiger partial charge is 0.494 e. The second-order valence-corrected chi connectivity index (χ2v) is 7.64. The van der Waals surface area contributed by atoms with Crippen LogP contribution in [0.3, 0.4) is 0 Å². The lowest BCUT2D eigenvalue weighted by Crippen LogP contribution is -2.46. The maximum atomic E-state index is 11.6. The average Bonchev–Trinajstić information content (AvgIpc) is 2.75. The first kappa shape index (κ1) is 23.0.